The van der Waals surface area contributed by atoms with Crippen LogP contribution in [0.3, 0.4) is 0 Å². The van der Waals surface area contributed by atoms with Gasteiger partial charge in [-0.1, -0.05) is 26.7 Å². The predicted octanol–water partition coefficient (Wildman–Crippen LogP) is 2.51. The topological polar surface area (TPSA) is 72.2 Å². The molecule has 6 heteroatoms. The van der Waals surface area contributed by atoms with Gasteiger partial charge in [0.05, 0.1) is 10.6 Å². The molecule has 1 aliphatic carbocycles. The molecule has 1 aliphatic rings. The van der Waals surface area contributed by atoms with Crippen molar-refractivity contribution in [3.8, 4) is 0 Å². The van der Waals surface area contributed by atoms with Crippen LogP contribution in [0.4, 0.5) is 10.1 Å². The summed E-state index contributed by atoms with van der Waals surface area (Å²) in [6, 6.07) is 3.48. The summed E-state index contributed by atoms with van der Waals surface area (Å²) >= 11 is 0. The molecule has 0 heterocycles. The molecular formula is C14H21FN2O2S. The number of nitrogens with two attached hydrogens (primary N) is 1. The Hall–Kier alpha value is -1.14. The summed E-state index contributed by atoms with van der Waals surface area (Å²) in [5, 5.41) is 0. The summed E-state index contributed by atoms with van der Waals surface area (Å²) in [6.07, 6.45) is 2.95. The molecule has 0 bridgehead atoms. The lowest BCUT2D eigenvalue weighted by Gasteiger charge is -2.34. The number of hydrogen-bond acceptors (Lipinski definition) is 3. The van der Waals surface area contributed by atoms with Gasteiger partial charge in [0.1, 0.15) is 5.82 Å². The van der Waals surface area contributed by atoms with Gasteiger partial charge in [0.15, 0.2) is 0 Å². The fourth-order valence-corrected chi connectivity index (χ4v) is 4.06. The first kappa shape index (κ1) is 15.3. The molecule has 1 aromatic carbocycles. The number of hydrogen-bond donors (Lipinski definition) is 2. The number of anilines is 1. The Morgan fingerprint density at radius 3 is 2.65 bits per heavy atom. The van der Waals surface area contributed by atoms with Gasteiger partial charge >= 0.3 is 0 Å². The third kappa shape index (κ3) is 3.12. The van der Waals surface area contributed by atoms with E-state index in [0.29, 0.717) is 5.92 Å². The summed E-state index contributed by atoms with van der Waals surface area (Å²) in [5.41, 5.74) is 5.31. The number of sulfonamides is 1. The monoisotopic (exact) mass is 300 g/mol. The number of nitrogens with one attached hydrogen (secondary N) is 1. The van der Waals surface area contributed by atoms with E-state index in [9.17, 15) is 12.8 Å². The van der Waals surface area contributed by atoms with Crippen LogP contribution in [0, 0.1) is 17.7 Å². The lowest BCUT2D eigenvalue weighted by molar-refractivity contribution is 0.227. The zero-order valence-electron chi connectivity index (χ0n) is 11.8. The van der Waals surface area contributed by atoms with Crippen LogP contribution in [0.5, 0.6) is 0 Å². The number of nitrogen functional groups attached to an aromatic ring is 1. The highest BCUT2D eigenvalue weighted by molar-refractivity contribution is 7.89. The Bertz CT molecular complexity index is 589. The van der Waals surface area contributed by atoms with Crippen molar-refractivity contribution in [1.82, 2.24) is 4.72 Å². The SMILES string of the molecule is CC1CCCC(NS(=O)(=O)c2ccc(N)c(F)c2)C1C. The molecule has 0 aliphatic heterocycles. The van der Waals surface area contributed by atoms with Gasteiger partial charge in [0.2, 0.25) is 10.0 Å². The molecule has 112 valence electrons. The molecule has 3 atom stereocenters. The molecule has 1 aromatic rings. The first-order valence-corrected chi connectivity index (χ1v) is 8.37. The van der Waals surface area contributed by atoms with Crippen molar-refractivity contribution in [3.63, 3.8) is 0 Å². The van der Waals surface area contributed by atoms with Crippen molar-refractivity contribution in [1.29, 1.82) is 0 Å². The smallest absolute Gasteiger partial charge is 0.240 e. The van der Waals surface area contributed by atoms with Crippen molar-refractivity contribution in [2.24, 2.45) is 11.8 Å². The van der Waals surface area contributed by atoms with Crippen molar-refractivity contribution < 1.29 is 12.8 Å². The first-order valence-electron chi connectivity index (χ1n) is 6.88. The summed E-state index contributed by atoms with van der Waals surface area (Å²) in [6.45, 7) is 4.19. The maximum Gasteiger partial charge on any atom is 0.240 e. The van der Waals surface area contributed by atoms with Crippen LogP contribution >= 0.6 is 0 Å². The Balaban J connectivity index is 2.20. The molecule has 4 nitrogen and oxygen atoms in total. The van der Waals surface area contributed by atoms with Crippen LogP contribution in [-0.2, 0) is 10.0 Å². The summed E-state index contributed by atoms with van der Waals surface area (Å²) < 4.78 is 40.7. The van der Waals surface area contributed by atoms with E-state index < -0.39 is 15.8 Å². The number of halogens is 1. The van der Waals surface area contributed by atoms with Gasteiger partial charge in [-0.25, -0.2) is 17.5 Å². The largest absolute Gasteiger partial charge is 0.396 e. The predicted molar refractivity (Wildman–Crippen MR) is 77.1 cm³/mol. The minimum absolute atomic E-state index is 0.0522. The van der Waals surface area contributed by atoms with Crippen molar-refractivity contribution in [2.45, 2.75) is 44.0 Å². The van der Waals surface area contributed by atoms with E-state index >= 15 is 0 Å². The van der Waals surface area contributed by atoms with Crippen LogP contribution < -0.4 is 10.5 Å². The summed E-state index contributed by atoms with van der Waals surface area (Å²) in [5.74, 6) is 0.0506. The van der Waals surface area contributed by atoms with Crippen molar-refractivity contribution >= 4 is 15.7 Å². The van der Waals surface area contributed by atoms with Gasteiger partial charge in [-0.2, -0.15) is 0 Å². The first-order chi connectivity index (χ1) is 9.31. The third-order valence-electron chi connectivity index (χ3n) is 4.30. The molecule has 0 aromatic heterocycles. The molecule has 1 fully saturated rings. The normalized spacial score (nSPS) is 27.4. The van der Waals surface area contributed by atoms with Crippen molar-refractivity contribution in [2.75, 3.05) is 5.73 Å². The van der Waals surface area contributed by atoms with Crippen LogP contribution in [0.1, 0.15) is 33.1 Å². The number of rotatable bonds is 3. The van der Waals surface area contributed by atoms with Gasteiger partial charge in [0, 0.05) is 6.04 Å². The Morgan fingerprint density at radius 2 is 2.00 bits per heavy atom. The van der Waals surface area contributed by atoms with Crippen LogP contribution in [-0.4, -0.2) is 14.5 Å². The van der Waals surface area contributed by atoms with E-state index in [1.165, 1.54) is 12.1 Å². The van der Waals surface area contributed by atoms with Gasteiger partial charge in [-0.3, -0.25) is 0 Å². The van der Waals surface area contributed by atoms with Crippen LogP contribution in [0.2, 0.25) is 0 Å². The van der Waals surface area contributed by atoms with Gasteiger partial charge in [-0.15, -0.1) is 0 Å². The van der Waals surface area contributed by atoms with E-state index in [1.807, 2.05) is 0 Å². The van der Waals surface area contributed by atoms with Gasteiger partial charge < -0.3 is 5.73 Å². The van der Waals surface area contributed by atoms with E-state index in [4.69, 9.17) is 5.73 Å². The highest BCUT2D eigenvalue weighted by atomic mass is 32.2. The zero-order chi connectivity index (χ0) is 14.9. The zero-order valence-corrected chi connectivity index (χ0v) is 12.6. The third-order valence-corrected chi connectivity index (χ3v) is 5.78. The highest BCUT2D eigenvalue weighted by Crippen LogP contribution is 2.30. The fraction of sp³-hybridized carbons (Fsp3) is 0.571. The molecule has 3 unspecified atom stereocenters. The molecule has 20 heavy (non-hydrogen) atoms. The molecule has 1 saturated carbocycles. The Kier molecular flexibility index (Phi) is 4.34. The second kappa shape index (κ2) is 5.69. The van der Waals surface area contributed by atoms with Crippen molar-refractivity contribution in [3.05, 3.63) is 24.0 Å². The molecule has 0 radical (unpaired) electrons. The molecule has 0 amide bonds. The quantitative estimate of drug-likeness (QED) is 0.843. The van der Waals surface area contributed by atoms with Gasteiger partial charge in [0.25, 0.3) is 0 Å². The van der Waals surface area contributed by atoms with Gasteiger partial charge in [-0.05, 0) is 36.5 Å². The molecule has 0 saturated heterocycles. The minimum Gasteiger partial charge on any atom is -0.396 e. The van der Waals surface area contributed by atoms with E-state index in [0.717, 1.165) is 25.3 Å². The summed E-state index contributed by atoms with van der Waals surface area (Å²) in [7, 11) is -3.70. The van der Waals surface area contributed by atoms with Crippen LogP contribution in [0.25, 0.3) is 0 Å². The lowest BCUT2D eigenvalue weighted by Crippen LogP contribution is -2.43. The molecule has 3 N–H and O–H groups in total. The van der Waals surface area contributed by atoms with Crippen LogP contribution in [0.15, 0.2) is 23.1 Å². The average molecular weight is 300 g/mol. The standard InChI is InChI=1S/C14H21FN2O2S/c1-9-4-3-5-14(10(9)2)17-20(18,19)11-6-7-13(16)12(15)8-11/h6-10,14,17H,3-5,16H2,1-2H3. The maximum absolute atomic E-state index is 13.4. The highest BCUT2D eigenvalue weighted by Gasteiger charge is 2.30. The second-order valence-electron chi connectivity index (χ2n) is 5.68. The van der Waals surface area contributed by atoms with E-state index in [-0.39, 0.29) is 22.5 Å². The molecule has 2 rings (SSSR count). The summed E-state index contributed by atoms with van der Waals surface area (Å²) in [4.78, 5) is -0.0744. The Labute approximate surface area is 119 Å². The lowest BCUT2D eigenvalue weighted by atomic mass is 9.78. The fourth-order valence-electron chi connectivity index (χ4n) is 2.69. The maximum atomic E-state index is 13.4. The molecule has 0 spiro atoms. The Morgan fingerprint density at radius 1 is 1.30 bits per heavy atom. The average Bonchev–Trinajstić information content (AvgIpc) is 2.38. The second-order valence-corrected chi connectivity index (χ2v) is 7.39. The van der Waals surface area contributed by atoms with E-state index in [1.54, 1.807) is 0 Å². The minimum atomic E-state index is -3.70. The molecular weight excluding hydrogens is 279 g/mol. The van der Waals surface area contributed by atoms with E-state index in [2.05, 4.69) is 18.6 Å². The number of benzene rings is 1.